The van der Waals surface area contributed by atoms with Gasteiger partial charge in [-0.05, 0) is 56.7 Å². The molecule has 0 unspecified atom stereocenters. The van der Waals surface area contributed by atoms with Gasteiger partial charge in [0.15, 0.2) is 0 Å². The van der Waals surface area contributed by atoms with Gasteiger partial charge in [0.2, 0.25) is 0 Å². The van der Waals surface area contributed by atoms with Gasteiger partial charge in [-0.3, -0.25) is 0 Å². The summed E-state index contributed by atoms with van der Waals surface area (Å²) in [4.78, 5) is 4.71. The minimum absolute atomic E-state index is 0.0779. The number of aromatic nitrogens is 2. The summed E-state index contributed by atoms with van der Waals surface area (Å²) in [6.45, 7) is 2.11. The Morgan fingerprint density at radius 1 is 1.33 bits per heavy atom. The van der Waals surface area contributed by atoms with Crippen molar-refractivity contribution in [3.05, 3.63) is 29.6 Å². The van der Waals surface area contributed by atoms with Crippen LogP contribution in [0, 0.1) is 6.92 Å². The van der Waals surface area contributed by atoms with E-state index in [0.717, 1.165) is 24.2 Å². The molecule has 4 rings (SSSR count). The van der Waals surface area contributed by atoms with Gasteiger partial charge in [0.05, 0.1) is 11.0 Å². The van der Waals surface area contributed by atoms with Crippen molar-refractivity contribution in [2.24, 2.45) is 5.73 Å². The molecule has 18 heavy (non-hydrogen) atoms. The van der Waals surface area contributed by atoms with Gasteiger partial charge in [-0.25, -0.2) is 4.98 Å². The number of benzene rings is 1. The standard InChI is InChI=1S/C15H19N3/c1-10-17-13-9-11(15(16)7-2-8-15)3-6-14(13)18(10)12-4-5-12/h3,6,9,12H,2,4-5,7-8,16H2,1H3. The minimum atomic E-state index is -0.0779. The molecule has 2 saturated carbocycles. The first-order valence-electron chi connectivity index (χ1n) is 6.95. The van der Waals surface area contributed by atoms with Gasteiger partial charge >= 0.3 is 0 Å². The Balaban J connectivity index is 1.86. The monoisotopic (exact) mass is 241 g/mol. The van der Waals surface area contributed by atoms with E-state index < -0.39 is 0 Å². The van der Waals surface area contributed by atoms with Crippen LogP contribution >= 0.6 is 0 Å². The molecular formula is C15H19N3. The van der Waals surface area contributed by atoms with Gasteiger partial charge in [-0.1, -0.05) is 6.07 Å². The highest BCUT2D eigenvalue weighted by atomic mass is 15.1. The van der Waals surface area contributed by atoms with E-state index >= 15 is 0 Å². The third-order valence-electron chi connectivity index (χ3n) is 4.60. The third kappa shape index (κ3) is 1.37. The molecule has 0 bridgehead atoms. The molecule has 94 valence electrons. The molecule has 3 nitrogen and oxygen atoms in total. The molecule has 2 aromatic rings. The first kappa shape index (κ1) is 10.6. The van der Waals surface area contributed by atoms with Gasteiger partial charge in [0.1, 0.15) is 5.82 Å². The number of aryl methyl sites for hydroxylation is 1. The van der Waals surface area contributed by atoms with E-state index in [9.17, 15) is 0 Å². The molecule has 0 aliphatic heterocycles. The van der Waals surface area contributed by atoms with E-state index in [-0.39, 0.29) is 5.54 Å². The van der Waals surface area contributed by atoms with Gasteiger partial charge in [0.25, 0.3) is 0 Å². The maximum Gasteiger partial charge on any atom is 0.106 e. The first-order chi connectivity index (χ1) is 8.67. The SMILES string of the molecule is Cc1nc2cc(C3(N)CCC3)ccc2n1C1CC1. The van der Waals surface area contributed by atoms with Crippen LogP contribution in [0.15, 0.2) is 18.2 Å². The van der Waals surface area contributed by atoms with Crippen LogP contribution in [0.3, 0.4) is 0 Å². The second-order valence-electron chi connectivity index (χ2n) is 5.97. The quantitative estimate of drug-likeness (QED) is 0.878. The van der Waals surface area contributed by atoms with E-state index in [1.165, 1.54) is 30.3 Å². The van der Waals surface area contributed by atoms with E-state index in [0.29, 0.717) is 6.04 Å². The lowest BCUT2D eigenvalue weighted by molar-refractivity contribution is 0.254. The number of imidazole rings is 1. The maximum absolute atomic E-state index is 6.40. The highest BCUT2D eigenvalue weighted by Crippen LogP contribution is 2.41. The van der Waals surface area contributed by atoms with Crippen LogP contribution in [0.4, 0.5) is 0 Å². The highest BCUT2D eigenvalue weighted by molar-refractivity contribution is 5.77. The zero-order chi connectivity index (χ0) is 12.3. The van der Waals surface area contributed by atoms with Crippen molar-refractivity contribution >= 4 is 11.0 Å². The zero-order valence-electron chi connectivity index (χ0n) is 10.8. The van der Waals surface area contributed by atoms with Gasteiger partial charge < -0.3 is 10.3 Å². The molecule has 2 fully saturated rings. The second kappa shape index (κ2) is 3.35. The molecule has 0 radical (unpaired) electrons. The molecule has 3 heteroatoms. The van der Waals surface area contributed by atoms with Crippen molar-refractivity contribution < 1.29 is 0 Å². The topological polar surface area (TPSA) is 43.8 Å². The molecule has 0 saturated heterocycles. The Kier molecular flexibility index (Phi) is 1.97. The lowest BCUT2D eigenvalue weighted by atomic mass is 9.73. The van der Waals surface area contributed by atoms with Crippen molar-refractivity contribution in [1.82, 2.24) is 9.55 Å². The largest absolute Gasteiger partial charge is 0.325 e. The minimum Gasteiger partial charge on any atom is -0.325 e. The highest BCUT2D eigenvalue weighted by Gasteiger charge is 2.35. The molecule has 2 aliphatic carbocycles. The normalized spacial score (nSPS) is 22.1. The molecule has 1 aromatic carbocycles. The Labute approximate surface area is 107 Å². The van der Waals surface area contributed by atoms with E-state index in [1.807, 2.05) is 0 Å². The predicted octanol–water partition coefficient (Wildman–Crippen LogP) is 3.02. The number of rotatable bonds is 2. The fourth-order valence-corrected chi connectivity index (χ4v) is 3.17. The average Bonchev–Trinajstić information content (AvgIpc) is 3.08. The smallest absolute Gasteiger partial charge is 0.106 e. The molecular weight excluding hydrogens is 222 g/mol. The van der Waals surface area contributed by atoms with Crippen LogP contribution in [0.1, 0.15) is 49.5 Å². The molecule has 1 heterocycles. The van der Waals surface area contributed by atoms with Crippen molar-refractivity contribution in [2.75, 3.05) is 0 Å². The number of hydrogen-bond acceptors (Lipinski definition) is 2. The molecule has 0 amide bonds. The summed E-state index contributed by atoms with van der Waals surface area (Å²) in [7, 11) is 0. The summed E-state index contributed by atoms with van der Waals surface area (Å²) < 4.78 is 2.39. The average molecular weight is 241 g/mol. The summed E-state index contributed by atoms with van der Waals surface area (Å²) >= 11 is 0. The fraction of sp³-hybridized carbons (Fsp3) is 0.533. The molecule has 2 N–H and O–H groups in total. The molecule has 1 aromatic heterocycles. The predicted molar refractivity (Wildman–Crippen MR) is 72.5 cm³/mol. The summed E-state index contributed by atoms with van der Waals surface area (Å²) in [6, 6.07) is 7.33. The summed E-state index contributed by atoms with van der Waals surface area (Å²) in [5.41, 5.74) is 9.98. The van der Waals surface area contributed by atoms with Crippen molar-refractivity contribution in [3.8, 4) is 0 Å². The van der Waals surface area contributed by atoms with Gasteiger partial charge in [-0.15, -0.1) is 0 Å². The molecule has 2 aliphatic rings. The summed E-state index contributed by atoms with van der Waals surface area (Å²) in [5.74, 6) is 1.14. The number of hydrogen-bond donors (Lipinski definition) is 1. The van der Waals surface area contributed by atoms with E-state index in [4.69, 9.17) is 10.7 Å². The van der Waals surface area contributed by atoms with Gasteiger partial charge in [-0.2, -0.15) is 0 Å². The zero-order valence-corrected chi connectivity index (χ0v) is 10.8. The fourth-order valence-electron chi connectivity index (χ4n) is 3.17. The molecule has 0 atom stereocenters. The number of nitrogens with two attached hydrogens (primary N) is 1. The Morgan fingerprint density at radius 3 is 2.72 bits per heavy atom. The van der Waals surface area contributed by atoms with Crippen molar-refractivity contribution in [2.45, 2.75) is 50.6 Å². The lowest BCUT2D eigenvalue weighted by Gasteiger charge is -2.38. The van der Waals surface area contributed by atoms with E-state index in [1.54, 1.807) is 0 Å². The lowest BCUT2D eigenvalue weighted by Crippen LogP contribution is -2.43. The second-order valence-corrected chi connectivity index (χ2v) is 5.97. The molecule has 0 spiro atoms. The van der Waals surface area contributed by atoms with Crippen LogP contribution in [0.2, 0.25) is 0 Å². The Morgan fingerprint density at radius 2 is 2.11 bits per heavy atom. The first-order valence-corrected chi connectivity index (χ1v) is 6.95. The summed E-state index contributed by atoms with van der Waals surface area (Å²) in [5, 5.41) is 0. The van der Waals surface area contributed by atoms with Gasteiger partial charge in [0, 0.05) is 11.6 Å². The Hall–Kier alpha value is -1.35. The van der Waals surface area contributed by atoms with Crippen LogP contribution in [-0.2, 0) is 5.54 Å². The van der Waals surface area contributed by atoms with Crippen LogP contribution in [-0.4, -0.2) is 9.55 Å². The van der Waals surface area contributed by atoms with Crippen LogP contribution < -0.4 is 5.73 Å². The number of nitrogens with zero attached hydrogens (tertiary/aromatic N) is 2. The van der Waals surface area contributed by atoms with Crippen LogP contribution in [0.25, 0.3) is 11.0 Å². The number of fused-ring (bicyclic) bond motifs is 1. The van der Waals surface area contributed by atoms with Crippen LogP contribution in [0.5, 0.6) is 0 Å². The van der Waals surface area contributed by atoms with E-state index in [2.05, 4.69) is 29.7 Å². The summed E-state index contributed by atoms with van der Waals surface area (Å²) in [6.07, 6.45) is 6.08. The third-order valence-corrected chi connectivity index (χ3v) is 4.60. The van der Waals surface area contributed by atoms with Crippen molar-refractivity contribution in [3.63, 3.8) is 0 Å². The Bertz CT molecular complexity index is 618. The maximum atomic E-state index is 6.40. The van der Waals surface area contributed by atoms with Crippen molar-refractivity contribution in [1.29, 1.82) is 0 Å².